The highest BCUT2D eigenvalue weighted by Crippen LogP contribution is 2.28. The van der Waals surface area contributed by atoms with Crippen molar-refractivity contribution in [1.82, 2.24) is 9.97 Å². The molecule has 4 nitrogen and oxygen atoms in total. The molecular formula is C27H22N2O2. The molecule has 2 heterocycles. The van der Waals surface area contributed by atoms with Gasteiger partial charge in [0.1, 0.15) is 11.6 Å². The van der Waals surface area contributed by atoms with Crippen molar-refractivity contribution in [3.63, 3.8) is 0 Å². The van der Waals surface area contributed by atoms with Crippen LogP contribution >= 0.6 is 0 Å². The van der Waals surface area contributed by atoms with E-state index in [0.29, 0.717) is 24.2 Å². The van der Waals surface area contributed by atoms with Gasteiger partial charge in [0.2, 0.25) is 0 Å². The second kappa shape index (κ2) is 8.81. The number of carbonyl (C=O) groups is 1. The van der Waals surface area contributed by atoms with Crippen LogP contribution in [0.15, 0.2) is 65.2 Å². The number of aldehydes is 1. The fourth-order valence-electron chi connectivity index (χ4n) is 3.69. The third-order valence-corrected chi connectivity index (χ3v) is 5.33. The molecule has 0 bridgehead atoms. The van der Waals surface area contributed by atoms with Crippen LogP contribution in [-0.4, -0.2) is 16.3 Å². The highest BCUT2D eigenvalue weighted by atomic mass is 16.3. The average molecular weight is 406 g/mol. The highest BCUT2D eigenvalue weighted by molar-refractivity contribution is 5.73. The molecule has 4 aromatic rings. The van der Waals surface area contributed by atoms with Crippen LogP contribution in [0.1, 0.15) is 49.9 Å². The lowest BCUT2D eigenvalue weighted by Crippen LogP contribution is -2.03. The van der Waals surface area contributed by atoms with Gasteiger partial charge in [-0.3, -0.25) is 4.79 Å². The van der Waals surface area contributed by atoms with E-state index in [9.17, 15) is 4.79 Å². The van der Waals surface area contributed by atoms with Crippen LogP contribution in [0.25, 0.3) is 11.3 Å². The Hall–Kier alpha value is -3.97. The first-order chi connectivity index (χ1) is 15.1. The average Bonchev–Trinajstić information content (AvgIpc) is 3.26. The maximum absolute atomic E-state index is 10.9. The van der Waals surface area contributed by atoms with E-state index in [0.717, 1.165) is 45.8 Å². The molecule has 4 heteroatoms. The van der Waals surface area contributed by atoms with Gasteiger partial charge in [0.15, 0.2) is 12.0 Å². The lowest BCUT2D eigenvalue weighted by Gasteiger charge is -2.12. The van der Waals surface area contributed by atoms with Crippen LogP contribution in [0.4, 0.5) is 0 Å². The maximum Gasteiger partial charge on any atom is 0.185 e. The molecule has 0 radical (unpaired) electrons. The molecule has 0 saturated carbocycles. The molecule has 0 fully saturated rings. The van der Waals surface area contributed by atoms with Crippen molar-refractivity contribution >= 4 is 6.29 Å². The molecule has 2 aromatic carbocycles. The lowest BCUT2D eigenvalue weighted by molar-refractivity contribution is 0.110. The summed E-state index contributed by atoms with van der Waals surface area (Å²) in [5, 5.41) is 0. The standard InChI is InChI=1S/C27H22N2O2/c1-4-20-5-7-21(8-6-20)15-27-28-12-11-23(29-27)16-25-18(2)13-22(14-19(25)3)26-10-9-24(17-30)31-26/h1,5-14,17H,15-16H2,2-3H3. The van der Waals surface area contributed by atoms with Crippen LogP contribution < -0.4 is 0 Å². The molecular weight excluding hydrogens is 384 g/mol. The van der Waals surface area contributed by atoms with E-state index in [1.54, 1.807) is 6.07 Å². The zero-order chi connectivity index (χ0) is 21.8. The van der Waals surface area contributed by atoms with Gasteiger partial charge in [0.25, 0.3) is 0 Å². The summed E-state index contributed by atoms with van der Waals surface area (Å²) in [6, 6.07) is 17.5. The van der Waals surface area contributed by atoms with Gasteiger partial charge in [-0.1, -0.05) is 18.1 Å². The van der Waals surface area contributed by atoms with Gasteiger partial charge < -0.3 is 4.42 Å². The van der Waals surface area contributed by atoms with Crippen molar-refractivity contribution in [2.45, 2.75) is 26.7 Å². The van der Waals surface area contributed by atoms with E-state index >= 15 is 0 Å². The first-order valence-electron chi connectivity index (χ1n) is 10.1. The molecule has 0 aliphatic carbocycles. The Morgan fingerprint density at radius 1 is 1.00 bits per heavy atom. The molecule has 31 heavy (non-hydrogen) atoms. The second-order valence-corrected chi connectivity index (χ2v) is 7.57. The molecule has 0 aliphatic rings. The van der Waals surface area contributed by atoms with Crippen LogP contribution in [0.3, 0.4) is 0 Å². The predicted molar refractivity (Wildman–Crippen MR) is 121 cm³/mol. The summed E-state index contributed by atoms with van der Waals surface area (Å²) in [6.07, 6.45) is 9.34. The molecule has 0 unspecified atom stereocenters. The second-order valence-electron chi connectivity index (χ2n) is 7.57. The van der Waals surface area contributed by atoms with Gasteiger partial charge in [-0.15, -0.1) is 6.42 Å². The third-order valence-electron chi connectivity index (χ3n) is 5.33. The zero-order valence-electron chi connectivity index (χ0n) is 17.6. The first kappa shape index (κ1) is 20.3. The Morgan fingerprint density at radius 2 is 1.74 bits per heavy atom. The molecule has 0 atom stereocenters. The quantitative estimate of drug-likeness (QED) is 0.321. The van der Waals surface area contributed by atoms with Crippen molar-refractivity contribution in [3.8, 4) is 23.7 Å². The first-order valence-corrected chi connectivity index (χ1v) is 10.1. The minimum Gasteiger partial charge on any atom is -0.453 e. The lowest BCUT2D eigenvalue weighted by atomic mass is 9.95. The molecule has 0 N–H and O–H groups in total. The normalized spacial score (nSPS) is 10.6. The number of hydrogen-bond acceptors (Lipinski definition) is 4. The molecule has 0 saturated heterocycles. The van der Waals surface area contributed by atoms with Gasteiger partial charge in [-0.05, 0) is 78.6 Å². The number of benzene rings is 2. The monoisotopic (exact) mass is 406 g/mol. The minimum absolute atomic E-state index is 0.330. The number of terminal acetylenes is 1. The van der Waals surface area contributed by atoms with E-state index in [2.05, 4.69) is 36.9 Å². The largest absolute Gasteiger partial charge is 0.453 e. The van der Waals surface area contributed by atoms with Crippen molar-refractivity contribution in [1.29, 1.82) is 0 Å². The fraction of sp³-hybridized carbons (Fsp3) is 0.148. The van der Waals surface area contributed by atoms with Gasteiger partial charge in [0.05, 0.1) is 0 Å². The van der Waals surface area contributed by atoms with E-state index in [-0.39, 0.29) is 0 Å². The zero-order valence-corrected chi connectivity index (χ0v) is 17.6. The summed E-state index contributed by atoms with van der Waals surface area (Å²) in [7, 11) is 0. The van der Waals surface area contributed by atoms with Crippen LogP contribution in [0, 0.1) is 26.2 Å². The van der Waals surface area contributed by atoms with E-state index in [4.69, 9.17) is 15.8 Å². The molecule has 0 spiro atoms. The summed E-state index contributed by atoms with van der Waals surface area (Å²) >= 11 is 0. The Kier molecular flexibility index (Phi) is 5.77. The number of hydrogen-bond donors (Lipinski definition) is 0. The number of nitrogens with zero attached hydrogens (tertiary/aromatic N) is 2. The summed E-state index contributed by atoms with van der Waals surface area (Å²) in [6.45, 7) is 4.18. The summed E-state index contributed by atoms with van der Waals surface area (Å²) < 4.78 is 5.57. The highest BCUT2D eigenvalue weighted by Gasteiger charge is 2.12. The Labute approximate surface area is 182 Å². The number of furan rings is 1. The van der Waals surface area contributed by atoms with E-state index in [1.165, 1.54) is 5.56 Å². The van der Waals surface area contributed by atoms with Crippen LogP contribution in [0.2, 0.25) is 0 Å². The molecule has 0 aliphatic heterocycles. The smallest absolute Gasteiger partial charge is 0.185 e. The topological polar surface area (TPSA) is 56.0 Å². The predicted octanol–water partition coefficient (Wildman–Crippen LogP) is 5.33. The van der Waals surface area contributed by atoms with E-state index in [1.807, 2.05) is 42.6 Å². The minimum atomic E-state index is 0.330. The van der Waals surface area contributed by atoms with Crippen molar-refractivity contribution in [3.05, 3.63) is 106 Å². The number of aryl methyl sites for hydroxylation is 2. The third kappa shape index (κ3) is 4.62. The van der Waals surface area contributed by atoms with Crippen LogP contribution in [-0.2, 0) is 12.8 Å². The number of rotatable bonds is 6. The molecule has 0 amide bonds. The van der Waals surface area contributed by atoms with Gasteiger partial charge >= 0.3 is 0 Å². The summed E-state index contributed by atoms with van der Waals surface area (Å²) in [5.41, 5.74) is 7.48. The SMILES string of the molecule is C#Cc1ccc(Cc2nccc(Cc3c(C)cc(-c4ccc(C=O)o4)cc3C)n2)cc1. The van der Waals surface area contributed by atoms with Crippen molar-refractivity contribution in [2.24, 2.45) is 0 Å². The summed E-state index contributed by atoms with van der Waals surface area (Å²) in [4.78, 5) is 20.1. The van der Waals surface area contributed by atoms with Crippen molar-refractivity contribution < 1.29 is 9.21 Å². The molecule has 152 valence electrons. The number of aromatic nitrogens is 2. The Bertz CT molecular complexity index is 1250. The molecule has 4 rings (SSSR count). The fourth-order valence-corrected chi connectivity index (χ4v) is 3.69. The van der Waals surface area contributed by atoms with Crippen molar-refractivity contribution in [2.75, 3.05) is 0 Å². The van der Waals surface area contributed by atoms with Crippen LogP contribution in [0.5, 0.6) is 0 Å². The molecule has 2 aromatic heterocycles. The van der Waals surface area contributed by atoms with E-state index < -0.39 is 0 Å². The Balaban J connectivity index is 1.55. The number of carbonyl (C=O) groups excluding carboxylic acids is 1. The maximum atomic E-state index is 10.9. The van der Waals surface area contributed by atoms with Gasteiger partial charge in [0, 0.05) is 35.9 Å². The Morgan fingerprint density at radius 3 is 2.39 bits per heavy atom. The van der Waals surface area contributed by atoms with Gasteiger partial charge in [-0.25, -0.2) is 9.97 Å². The van der Waals surface area contributed by atoms with Gasteiger partial charge in [-0.2, -0.15) is 0 Å². The summed E-state index contributed by atoms with van der Waals surface area (Å²) in [5.74, 6) is 4.44.